The Morgan fingerprint density at radius 3 is 2.69 bits per heavy atom. The Morgan fingerprint density at radius 1 is 1.03 bits per heavy atom. The van der Waals surface area contributed by atoms with Gasteiger partial charge in [0.25, 0.3) is 5.91 Å². The van der Waals surface area contributed by atoms with Crippen molar-refractivity contribution >= 4 is 17.5 Å². The van der Waals surface area contributed by atoms with Gasteiger partial charge in [-0.2, -0.15) is 0 Å². The Kier molecular flexibility index (Phi) is 6.85. The number of imidazole rings is 1. The highest BCUT2D eigenvalue weighted by molar-refractivity contribution is 5.94. The number of pyridine rings is 1. The largest absolute Gasteiger partial charge is 0.487 e. The third-order valence-corrected chi connectivity index (χ3v) is 6.05. The summed E-state index contributed by atoms with van der Waals surface area (Å²) in [4.78, 5) is 30.4. The second kappa shape index (κ2) is 10.5. The van der Waals surface area contributed by atoms with Gasteiger partial charge in [0, 0.05) is 69.6 Å². The number of rotatable bonds is 8. The first-order chi connectivity index (χ1) is 17.1. The van der Waals surface area contributed by atoms with Crippen LogP contribution in [-0.4, -0.2) is 69.4 Å². The van der Waals surface area contributed by atoms with Gasteiger partial charge in [0.1, 0.15) is 18.0 Å². The molecule has 4 aromatic rings. The molecule has 0 bridgehead atoms. The number of nitrogens with one attached hydrogen (secondary N) is 1. The minimum Gasteiger partial charge on any atom is -0.487 e. The number of piperazine rings is 1. The molecule has 0 aliphatic carbocycles. The maximum Gasteiger partial charge on any atom is 0.251 e. The van der Waals surface area contributed by atoms with Crippen molar-refractivity contribution < 1.29 is 9.53 Å². The fraction of sp³-hybridized carbons (Fsp3) is 0.308. The molecule has 1 aromatic carbocycles. The highest BCUT2D eigenvalue weighted by Gasteiger charge is 2.18. The summed E-state index contributed by atoms with van der Waals surface area (Å²) in [5.41, 5.74) is 3.48. The average molecular weight is 472 g/mol. The Balaban J connectivity index is 1.08. The number of hydrogen-bond acceptors (Lipinski definition) is 7. The summed E-state index contributed by atoms with van der Waals surface area (Å²) in [7, 11) is 0. The zero-order valence-corrected chi connectivity index (χ0v) is 19.8. The van der Waals surface area contributed by atoms with Crippen LogP contribution in [0.2, 0.25) is 0 Å². The Labute approximate surface area is 204 Å². The molecule has 0 saturated carbocycles. The highest BCUT2D eigenvalue weighted by atomic mass is 16.5. The van der Waals surface area contributed by atoms with Gasteiger partial charge in [0.15, 0.2) is 0 Å². The SMILES string of the molecule is Cc1ccc2nc(COc3cccc(C(=O)NCCN4CCN(c5ncccn5)CC4)c3)cn2c1. The number of benzene rings is 1. The molecule has 5 rings (SSSR count). The molecule has 3 aromatic heterocycles. The Morgan fingerprint density at radius 2 is 1.86 bits per heavy atom. The maximum absolute atomic E-state index is 12.7. The highest BCUT2D eigenvalue weighted by Crippen LogP contribution is 2.16. The molecular weight excluding hydrogens is 442 g/mol. The molecule has 1 N–H and O–H groups in total. The minimum absolute atomic E-state index is 0.102. The van der Waals surface area contributed by atoms with Crippen molar-refractivity contribution in [2.75, 3.05) is 44.2 Å². The van der Waals surface area contributed by atoms with Crippen LogP contribution in [0.3, 0.4) is 0 Å². The number of hydrogen-bond donors (Lipinski definition) is 1. The number of amides is 1. The molecule has 1 aliphatic rings. The van der Waals surface area contributed by atoms with E-state index in [2.05, 4.69) is 30.1 Å². The smallest absolute Gasteiger partial charge is 0.251 e. The number of anilines is 1. The fourth-order valence-corrected chi connectivity index (χ4v) is 4.17. The normalized spacial score (nSPS) is 14.3. The van der Waals surface area contributed by atoms with E-state index in [1.54, 1.807) is 24.5 Å². The van der Waals surface area contributed by atoms with E-state index in [0.29, 0.717) is 24.5 Å². The lowest BCUT2D eigenvalue weighted by molar-refractivity contribution is 0.0947. The molecule has 35 heavy (non-hydrogen) atoms. The van der Waals surface area contributed by atoms with Crippen molar-refractivity contribution in [2.24, 2.45) is 0 Å². The first kappa shape index (κ1) is 22.8. The molecule has 180 valence electrons. The maximum atomic E-state index is 12.7. The van der Waals surface area contributed by atoms with Crippen molar-refractivity contribution in [3.05, 3.63) is 84.1 Å². The first-order valence-electron chi connectivity index (χ1n) is 11.8. The van der Waals surface area contributed by atoms with Gasteiger partial charge >= 0.3 is 0 Å². The van der Waals surface area contributed by atoms with Gasteiger partial charge in [-0.15, -0.1) is 0 Å². The van der Waals surface area contributed by atoms with Crippen LogP contribution in [0.25, 0.3) is 5.65 Å². The van der Waals surface area contributed by atoms with Gasteiger partial charge < -0.3 is 19.4 Å². The van der Waals surface area contributed by atoms with Gasteiger partial charge in [-0.25, -0.2) is 15.0 Å². The van der Waals surface area contributed by atoms with Crippen LogP contribution in [0.1, 0.15) is 21.6 Å². The van der Waals surface area contributed by atoms with Crippen LogP contribution in [0.4, 0.5) is 5.95 Å². The number of aromatic nitrogens is 4. The molecule has 1 saturated heterocycles. The Bertz CT molecular complexity index is 1280. The average Bonchev–Trinajstić information content (AvgIpc) is 3.30. The molecular formula is C26H29N7O2. The quantitative estimate of drug-likeness (QED) is 0.423. The summed E-state index contributed by atoms with van der Waals surface area (Å²) in [6.45, 7) is 7.37. The van der Waals surface area contributed by atoms with Gasteiger partial charge in [-0.05, 0) is 42.8 Å². The first-order valence-corrected chi connectivity index (χ1v) is 11.8. The predicted molar refractivity (Wildman–Crippen MR) is 134 cm³/mol. The van der Waals surface area contributed by atoms with E-state index in [-0.39, 0.29) is 5.91 Å². The monoisotopic (exact) mass is 471 g/mol. The zero-order valence-electron chi connectivity index (χ0n) is 19.8. The summed E-state index contributed by atoms with van der Waals surface area (Å²) in [6.07, 6.45) is 7.54. The van der Waals surface area contributed by atoms with Crippen LogP contribution in [0.5, 0.6) is 5.75 Å². The number of aryl methyl sites for hydroxylation is 1. The number of ether oxygens (including phenoxy) is 1. The van der Waals surface area contributed by atoms with Crippen molar-refractivity contribution in [2.45, 2.75) is 13.5 Å². The standard InChI is InChI=1S/C26H29N7O2/c1-20-6-7-24-30-22(18-33(24)17-20)19-35-23-5-2-4-21(16-23)25(34)27-10-11-31-12-14-32(15-13-31)26-28-8-3-9-29-26/h2-9,16-18H,10-15,19H2,1H3,(H,27,34). The Hall–Kier alpha value is -3.98. The van der Waals surface area contributed by atoms with E-state index in [9.17, 15) is 4.79 Å². The molecule has 9 nitrogen and oxygen atoms in total. The van der Waals surface area contributed by atoms with E-state index in [1.807, 2.05) is 54.0 Å². The zero-order chi connectivity index (χ0) is 24.0. The topological polar surface area (TPSA) is 87.9 Å². The number of fused-ring (bicyclic) bond motifs is 1. The van der Waals surface area contributed by atoms with Crippen LogP contribution in [0.15, 0.2) is 67.3 Å². The van der Waals surface area contributed by atoms with Gasteiger partial charge in [-0.1, -0.05) is 12.1 Å². The summed E-state index contributed by atoms with van der Waals surface area (Å²) in [5.74, 6) is 1.32. The van der Waals surface area contributed by atoms with Crippen LogP contribution < -0.4 is 15.0 Å². The van der Waals surface area contributed by atoms with Crippen molar-refractivity contribution in [3.63, 3.8) is 0 Å². The van der Waals surface area contributed by atoms with Gasteiger partial charge in [0.2, 0.25) is 5.95 Å². The second-order valence-corrected chi connectivity index (χ2v) is 8.65. The van der Waals surface area contributed by atoms with Crippen molar-refractivity contribution in [3.8, 4) is 5.75 Å². The molecule has 0 atom stereocenters. The lowest BCUT2D eigenvalue weighted by atomic mass is 10.2. The lowest BCUT2D eigenvalue weighted by Crippen LogP contribution is -2.49. The molecule has 0 radical (unpaired) electrons. The van der Waals surface area contributed by atoms with E-state index in [1.165, 1.54) is 5.56 Å². The molecule has 1 aliphatic heterocycles. The summed E-state index contributed by atoms with van der Waals surface area (Å²) in [6, 6.07) is 13.1. The summed E-state index contributed by atoms with van der Waals surface area (Å²) < 4.78 is 7.90. The van der Waals surface area contributed by atoms with Crippen LogP contribution in [0, 0.1) is 6.92 Å². The van der Waals surface area contributed by atoms with Crippen molar-refractivity contribution in [1.82, 2.24) is 29.6 Å². The molecule has 0 unspecified atom stereocenters. The summed E-state index contributed by atoms with van der Waals surface area (Å²) in [5, 5.41) is 3.02. The van der Waals surface area contributed by atoms with Crippen molar-refractivity contribution in [1.29, 1.82) is 0 Å². The number of carbonyl (C=O) groups is 1. The van der Waals surface area contributed by atoms with Gasteiger partial charge in [0.05, 0.1) is 5.69 Å². The molecule has 4 heterocycles. The van der Waals surface area contributed by atoms with E-state index in [4.69, 9.17) is 4.74 Å². The second-order valence-electron chi connectivity index (χ2n) is 8.65. The van der Waals surface area contributed by atoms with E-state index >= 15 is 0 Å². The van der Waals surface area contributed by atoms with Crippen LogP contribution in [-0.2, 0) is 6.61 Å². The molecule has 1 amide bonds. The van der Waals surface area contributed by atoms with Gasteiger partial charge in [-0.3, -0.25) is 9.69 Å². The summed E-state index contributed by atoms with van der Waals surface area (Å²) >= 11 is 0. The molecule has 9 heteroatoms. The number of nitrogens with zero attached hydrogens (tertiary/aromatic N) is 6. The third-order valence-electron chi connectivity index (χ3n) is 6.05. The molecule has 0 spiro atoms. The van der Waals surface area contributed by atoms with E-state index in [0.717, 1.165) is 50.0 Å². The number of carbonyl (C=O) groups excluding carboxylic acids is 1. The molecule has 1 fully saturated rings. The minimum atomic E-state index is -0.102. The van der Waals surface area contributed by atoms with Crippen LogP contribution >= 0.6 is 0 Å². The predicted octanol–water partition coefficient (Wildman–Crippen LogP) is 2.56. The lowest BCUT2D eigenvalue weighted by Gasteiger charge is -2.34. The third kappa shape index (κ3) is 5.75. The fourth-order valence-electron chi connectivity index (χ4n) is 4.17. The van der Waals surface area contributed by atoms with E-state index < -0.39 is 0 Å².